The Balaban J connectivity index is 2.08. The number of nitrogens with zero attached hydrogens (tertiary/aromatic N) is 4. The summed E-state index contributed by atoms with van der Waals surface area (Å²) in [7, 11) is 0. The van der Waals surface area contributed by atoms with Crippen LogP contribution in [0.15, 0.2) is 58.6 Å². The molecule has 2 aromatic heterocycles. The number of aromatic nitrogens is 3. The maximum atomic E-state index is 9.23. The normalized spacial score (nSPS) is 10.9. The molecule has 3 rings (SSSR count). The third kappa shape index (κ3) is 4.27. The van der Waals surface area contributed by atoms with Gasteiger partial charge >= 0.3 is 0 Å². The van der Waals surface area contributed by atoms with Gasteiger partial charge in [0, 0.05) is 16.1 Å². The fourth-order valence-corrected chi connectivity index (χ4v) is 4.13. The molecule has 2 heterocycles. The van der Waals surface area contributed by atoms with Crippen LogP contribution in [0.2, 0.25) is 5.02 Å². The molecule has 0 aliphatic rings. The molecule has 0 radical (unpaired) electrons. The molecule has 0 N–H and O–H groups in total. The van der Waals surface area contributed by atoms with Gasteiger partial charge in [-0.05, 0) is 36.2 Å². The van der Waals surface area contributed by atoms with E-state index >= 15 is 0 Å². The van der Waals surface area contributed by atoms with Crippen LogP contribution in [0.1, 0.15) is 37.0 Å². The van der Waals surface area contributed by atoms with Crippen LogP contribution in [-0.4, -0.2) is 14.5 Å². The van der Waals surface area contributed by atoms with Crippen molar-refractivity contribution in [2.24, 2.45) is 0 Å². The van der Waals surface area contributed by atoms with Crippen molar-refractivity contribution in [3.05, 3.63) is 70.9 Å². The van der Waals surface area contributed by atoms with Gasteiger partial charge in [0.25, 0.3) is 0 Å². The fraction of sp³-hybridized carbons (Fsp3) is 0.250. The maximum absolute atomic E-state index is 9.23. The third-order valence-electron chi connectivity index (χ3n) is 3.87. The Bertz CT molecular complexity index is 929. The molecule has 26 heavy (non-hydrogen) atoms. The zero-order chi connectivity index (χ0) is 18.5. The van der Waals surface area contributed by atoms with Gasteiger partial charge in [-0.2, -0.15) is 5.26 Å². The molecule has 4 nitrogen and oxygen atoms in total. The average Bonchev–Trinajstić information content (AvgIpc) is 2.94. The first-order chi connectivity index (χ1) is 12.6. The van der Waals surface area contributed by atoms with Gasteiger partial charge < -0.3 is 4.57 Å². The Morgan fingerprint density at radius 3 is 2.73 bits per heavy atom. The quantitative estimate of drug-likeness (QED) is 0.578. The van der Waals surface area contributed by atoms with Crippen LogP contribution in [0.3, 0.4) is 0 Å². The molecule has 0 aliphatic heterocycles. The predicted octanol–water partition coefficient (Wildman–Crippen LogP) is 5.32. The van der Waals surface area contributed by atoms with Gasteiger partial charge in [-0.15, -0.1) is 0 Å². The molecule has 0 amide bonds. The topological polar surface area (TPSA) is 54.5 Å². The molecule has 1 aromatic carbocycles. The van der Waals surface area contributed by atoms with Crippen molar-refractivity contribution in [1.29, 1.82) is 5.26 Å². The minimum atomic E-state index is 0.249. The molecule has 0 atom stereocenters. The second kappa shape index (κ2) is 8.39. The first-order valence-electron chi connectivity index (χ1n) is 8.38. The number of pyridine rings is 1. The first-order valence-corrected chi connectivity index (χ1v) is 9.57. The summed E-state index contributed by atoms with van der Waals surface area (Å²) in [6.45, 7) is 4.82. The lowest BCUT2D eigenvalue weighted by atomic mass is 10.1. The summed E-state index contributed by atoms with van der Waals surface area (Å²) < 4.78 is 2.10. The molecule has 0 fully saturated rings. The van der Waals surface area contributed by atoms with Crippen LogP contribution in [0.25, 0.3) is 0 Å². The standard InChI is InChI=1S/C20H19ClN4S/c1-14(2)19-20(26-17-8-5-6-15(21)12-17)25(18(24-19)9-10-22)13-16-7-3-4-11-23-16/h3-8,11-12,14H,9,13H2,1-2H3. The van der Waals surface area contributed by atoms with Crippen molar-refractivity contribution >= 4 is 23.4 Å². The molecule has 0 spiro atoms. The van der Waals surface area contributed by atoms with Crippen LogP contribution in [0.4, 0.5) is 0 Å². The second-order valence-corrected chi connectivity index (χ2v) is 7.67. The van der Waals surface area contributed by atoms with Crippen LogP contribution < -0.4 is 0 Å². The SMILES string of the molecule is CC(C)c1nc(CC#N)n(Cc2ccccn2)c1Sc1cccc(Cl)c1. The Morgan fingerprint density at radius 2 is 2.08 bits per heavy atom. The molecule has 0 saturated carbocycles. The molecular weight excluding hydrogens is 364 g/mol. The van der Waals surface area contributed by atoms with E-state index in [1.54, 1.807) is 18.0 Å². The first kappa shape index (κ1) is 18.5. The van der Waals surface area contributed by atoms with Gasteiger partial charge in [0.05, 0.1) is 30.4 Å². The number of halogens is 1. The molecular formula is C20H19ClN4S. The van der Waals surface area contributed by atoms with Gasteiger partial charge in [0.1, 0.15) is 10.9 Å². The number of imidazole rings is 1. The summed E-state index contributed by atoms with van der Waals surface area (Å²) in [4.78, 5) is 10.2. The number of hydrogen-bond acceptors (Lipinski definition) is 4. The van der Waals surface area contributed by atoms with Gasteiger partial charge in [-0.1, -0.05) is 49.3 Å². The highest BCUT2D eigenvalue weighted by Gasteiger charge is 2.21. The zero-order valence-electron chi connectivity index (χ0n) is 14.7. The van der Waals surface area contributed by atoms with E-state index in [9.17, 15) is 5.26 Å². The van der Waals surface area contributed by atoms with E-state index in [0.717, 1.165) is 27.1 Å². The number of nitriles is 1. The zero-order valence-corrected chi connectivity index (χ0v) is 16.3. The van der Waals surface area contributed by atoms with E-state index in [0.29, 0.717) is 11.6 Å². The lowest BCUT2D eigenvalue weighted by molar-refractivity contribution is 0.669. The fourth-order valence-electron chi connectivity index (χ4n) is 2.65. The molecule has 0 bridgehead atoms. The smallest absolute Gasteiger partial charge is 0.124 e. The van der Waals surface area contributed by atoms with Crippen molar-refractivity contribution in [2.45, 2.75) is 42.7 Å². The van der Waals surface area contributed by atoms with E-state index in [1.165, 1.54) is 0 Å². The molecule has 6 heteroatoms. The average molecular weight is 383 g/mol. The van der Waals surface area contributed by atoms with E-state index in [-0.39, 0.29) is 12.3 Å². The van der Waals surface area contributed by atoms with E-state index < -0.39 is 0 Å². The lowest BCUT2D eigenvalue weighted by Gasteiger charge is -2.12. The van der Waals surface area contributed by atoms with Crippen LogP contribution >= 0.6 is 23.4 Å². The van der Waals surface area contributed by atoms with Crippen LogP contribution in [-0.2, 0) is 13.0 Å². The largest absolute Gasteiger partial charge is 0.316 e. The van der Waals surface area contributed by atoms with Crippen molar-refractivity contribution in [2.75, 3.05) is 0 Å². The van der Waals surface area contributed by atoms with Gasteiger partial charge in [-0.25, -0.2) is 4.98 Å². The number of rotatable bonds is 6. The van der Waals surface area contributed by atoms with E-state index in [1.807, 2.05) is 42.5 Å². The maximum Gasteiger partial charge on any atom is 0.124 e. The summed E-state index contributed by atoms with van der Waals surface area (Å²) in [5.41, 5.74) is 1.93. The van der Waals surface area contributed by atoms with Gasteiger partial charge in [0.15, 0.2) is 0 Å². The van der Waals surface area contributed by atoms with Crippen molar-refractivity contribution in [3.8, 4) is 6.07 Å². The molecule has 0 aliphatic carbocycles. The highest BCUT2D eigenvalue weighted by Crippen LogP contribution is 2.36. The van der Waals surface area contributed by atoms with E-state index in [4.69, 9.17) is 16.6 Å². The minimum absolute atomic E-state index is 0.249. The van der Waals surface area contributed by atoms with Crippen LogP contribution in [0, 0.1) is 11.3 Å². The van der Waals surface area contributed by atoms with Crippen molar-refractivity contribution in [1.82, 2.24) is 14.5 Å². The predicted molar refractivity (Wildman–Crippen MR) is 105 cm³/mol. The summed E-state index contributed by atoms with van der Waals surface area (Å²) in [6.07, 6.45) is 2.05. The Kier molecular flexibility index (Phi) is 5.97. The van der Waals surface area contributed by atoms with Gasteiger partial charge in [-0.3, -0.25) is 4.98 Å². The summed E-state index contributed by atoms with van der Waals surface area (Å²) >= 11 is 7.78. The lowest BCUT2D eigenvalue weighted by Crippen LogP contribution is -2.07. The summed E-state index contributed by atoms with van der Waals surface area (Å²) in [5.74, 6) is 1.02. The molecule has 0 unspecified atom stereocenters. The molecule has 132 valence electrons. The minimum Gasteiger partial charge on any atom is -0.316 e. The Morgan fingerprint density at radius 1 is 1.23 bits per heavy atom. The Labute approximate surface area is 162 Å². The second-order valence-electron chi connectivity index (χ2n) is 6.17. The number of hydrogen-bond donors (Lipinski definition) is 0. The van der Waals surface area contributed by atoms with Crippen molar-refractivity contribution in [3.63, 3.8) is 0 Å². The third-order valence-corrected chi connectivity index (χ3v) is 5.21. The molecule has 0 saturated heterocycles. The highest BCUT2D eigenvalue weighted by atomic mass is 35.5. The number of benzene rings is 1. The van der Waals surface area contributed by atoms with Gasteiger partial charge in [0.2, 0.25) is 0 Å². The van der Waals surface area contributed by atoms with Crippen LogP contribution in [0.5, 0.6) is 0 Å². The molecule has 3 aromatic rings. The highest BCUT2D eigenvalue weighted by molar-refractivity contribution is 7.99. The van der Waals surface area contributed by atoms with E-state index in [2.05, 4.69) is 29.5 Å². The monoisotopic (exact) mass is 382 g/mol. The van der Waals surface area contributed by atoms with Crippen molar-refractivity contribution < 1.29 is 0 Å². The summed E-state index contributed by atoms with van der Waals surface area (Å²) in [5, 5.41) is 11.0. The summed E-state index contributed by atoms with van der Waals surface area (Å²) in [6, 6.07) is 15.9. The Hall–Kier alpha value is -2.29.